The molecule has 3 nitrogen and oxygen atoms in total. The number of carbonyl (C=O) groups is 1. The monoisotopic (exact) mass is 175 g/mol. The van der Waals surface area contributed by atoms with Crippen LogP contribution in [0.25, 0.3) is 0 Å². The van der Waals surface area contributed by atoms with E-state index in [1.165, 1.54) is 31.4 Å². The summed E-state index contributed by atoms with van der Waals surface area (Å²) < 4.78 is 4.46. The summed E-state index contributed by atoms with van der Waals surface area (Å²) in [6.45, 7) is 0. The van der Waals surface area contributed by atoms with E-state index < -0.39 is 5.97 Å². The molecule has 1 N–H and O–H groups in total. The van der Waals surface area contributed by atoms with Crippen LogP contribution in [0.15, 0.2) is 24.3 Å². The Bertz CT molecular complexity index is 256. The minimum Gasteiger partial charge on any atom is -0.508 e. The van der Waals surface area contributed by atoms with Gasteiger partial charge in [0.2, 0.25) is 0 Å². The van der Waals surface area contributed by atoms with Gasteiger partial charge in [0.05, 0.1) is 12.7 Å². The van der Waals surface area contributed by atoms with Gasteiger partial charge in [0, 0.05) is 0 Å². The van der Waals surface area contributed by atoms with Gasteiger partial charge in [0.15, 0.2) is 0 Å². The maximum absolute atomic E-state index is 10.8. The molecule has 0 bridgehead atoms. The molecule has 0 aromatic heterocycles. The zero-order valence-electron chi connectivity index (χ0n) is 7.07. The van der Waals surface area contributed by atoms with E-state index in [0.717, 1.165) is 0 Å². The van der Waals surface area contributed by atoms with Crippen molar-refractivity contribution >= 4 is 5.97 Å². The number of esters is 1. The normalized spacial score (nSPS) is 8.42. The molecular weight excluding hydrogens is 167 g/mol. The molecule has 0 aliphatic rings. The molecule has 1 aromatic rings. The molecule has 58 valence electrons. The maximum atomic E-state index is 10.8. The van der Waals surface area contributed by atoms with Gasteiger partial charge < -0.3 is 9.84 Å². The summed E-state index contributed by atoms with van der Waals surface area (Å²) in [6, 6.07) is 5.88. The molecule has 0 aliphatic carbocycles. The fraction of sp³-hybridized carbons (Fsp3) is 0.125. The van der Waals surface area contributed by atoms with Gasteiger partial charge in [-0.15, -0.1) is 0 Å². The van der Waals surface area contributed by atoms with E-state index in [1.54, 1.807) is 0 Å². The summed E-state index contributed by atoms with van der Waals surface area (Å²) >= 11 is 0. The molecule has 0 fully saturated rings. The van der Waals surface area contributed by atoms with Crippen LogP contribution in [0.3, 0.4) is 0 Å². The molecule has 0 heterocycles. The fourth-order valence-electron chi connectivity index (χ4n) is 0.715. The summed E-state index contributed by atoms with van der Waals surface area (Å²) in [7, 11) is 1.31. The van der Waals surface area contributed by atoms with Gasteiger partial charge in [-0.3, -0.25) is 0 Å². The Balaban J connectivity index is 0.00000121. The van der Waals surface area contributed by atoms with Crippen molar-refractivity contribution in [3.05, 3.63) is 29.8 Å². The van der Waals surface area contributed by atoms with E-state index in [1.807, 2.05) is 0 Å². The van der Waals surface area contributed by atoms with Gasteiger partial charge in [0.1, 0.15) is 5.75 Å². The smallest absolute Gasteiger partial charge is 0.508 e. The molecular formula is C8H8NaO3+. The molecule has 0 saturated carbocycles. The van der Waals surface area contributed by atoms with Crippen LogP contribution in [0.4, 0.5) is 0 Å². The van der Waals surface area contributed by atoms with E-state index in [4.69, 9.17) is 5.11 Å². The molecule has 0 atom stereocenters. The summed E-state index contributed by atoms with van der Waals surface area (Å²) in [5, 5.41) is 8.86. The predicted octanol–water partition coefficient (Wildman–Crippen LogP) is -1.82. The standard InChI is InChI=1S/C8H8O3.Na/c1-11-8(10)6-2-4-7(9)5-3-6;/h2-5,9H,1H3;/q;+1. The summed E-state index contributed by atoms with van der Waals surface area (Å²) in [4.78, 5) is 10.8. The molecule has 12 heavy (non-hydrogen) atoms. The second-order valence-electron chi connectivity index (χ2n) is 2.04. The largest absolute Gasteiger partial charge is 1.00 e. The molecule has 1 rings (SSSR count). The van der Waals surface area contributed by atoms with Crippen molar-refractivity contribution in [2.75, 3.05) is 7.11 Å². The quantitative estimate of drug-likeness (QED) is 0.404. The Kier molecular flexibility index (Phi) is 4.97. The van der Waals surface area contributed by atoms with Crippen LogP contribution in [0, 0.1) is 0 Å². The van der Waals surface area contributed by atoms with Crippen LogP contribution in [-0.4, -0.2) is 18.2 Å². The van der Waals surface area contributed by atoms with Crippen molar-refractivity contribution < 1.29 is 44.2 Å². The predicted molar refractivity (Wildman–Crippen MR) is 39.4 cm³/mol. The van der Waals surface area contributed by atoms with Crippen molar-refractivity contribution in [1.82, 2.24) is 0 Å². The number of carbonyl (C=O) groups excluding carboxylic acids is 1. The van der Waals surface area contributed by atoms with Crippen molar-refractivity contribution in [3.63, 3.8) is 0 Å². The van der Waals surface area contributed by atoms with Crippen LogP contribution in [0.5, 0.6) is 5.75 Å². The SMILES string of the molecule is COC(=O)c1ccc(O)cc1.[Na+]. The van der Waals surface area contributed by atoms with Crippen molar-refractivity contribution in [2.24, 2.45) is 0 Å². The first-order valence-corrected chi connectivity index (χ1v) is 3.11. The number of rotatable bonds is 1. The van der Waals surface area contributed by atoms with Crippen molar-refractivity contribution in [2.45, 2.75) is 0 Å². The summed E-state index contributed by atoms with van der Waals surface area (Å²) in [5.41, 5.74) is 0.435. The van der Waals surface area contributed by atoms with E-state index in [0.29, 0.717) is 5.56 Å². The molecule has 4 heteroatoms. The first kappa shape index (κ1) is 11.5. The van der Waals surface area contributed by atoms with Gasteiger partial charge in [-0.25, -0.2) is 4.79 Å². The third kappa shape index (κ3) is 2.85. The first-order valence-electron chi connectivity index (χ1n) is 3.11. The number of ether oxygens (including phenoxy) is 1. The van der Waals surface area contributed by atoms with Crippen LogP contribution < -0.4 is 29.6 Å². The molecule has 0 unspecified atom stereocenters. The van der Waals surface area contributed by atoms with Crippen molar-refractivity contribution in [1.29, 1.82) is 0 Å². The first-order chi connectivity index (χ1) is 5.24. The average molecular weight is 175 g/mol. The number of hydrogen-bond acceptors (Lipinski definition) is 3. The molecule has 0 amide bonds. The van der Waals surface area contributed by atoms with E-state index >= 15 is 0 Å². The van der Waals surface area contributed by atoms with Gasteiger partial charge in [-0.1, -0.05) is 0 Å². The zero-order chi connectivity index (χ0) is 8.27. The number of benzene rings is 1. The van der Waals surface area contributed by atoms with E-state index in [2.05, 4.69) is 4.74 Å². The Morgan fingerprint density at radius 3 is 2.25 bits per heavy atom. The second kappa shape index (κ2) is 5.19. The number of methoxy groups -OCH3 is 1. The number of phenolic OH excluding ortho intramolecular Hbond substituents is 1. The number of phenols is 1. The van der Waals surface area contributed by atoms with Crippen LogP contribution in [0.2, 0.25) is 0 Å². The third-order valence-electron chi connectivity index (χ3n) is 1.29. The summed E-state index contributed by atoms with van der Waals surface area (Å²) in [6.07, 6.45) is 0. The van der Waals surface area contributed by atoms with Gasteiger partial charge in [-0.05, 0) is 24.3 Å². The summed E-state index contributed by atoms with van der Waals surface area (Å²) in [5.74, 6) is -0.261. The van der Waals surface area contributed by atoms with E-state index in [9.17, 15) is 4.79 Å². The second-order valence-corrected chi connectivity index (χ2v) is 2.04. The third-order valence-corrected chi connectivity index (χ3v) is 1.29. The molecule has 0 spiro atoms. The molecule has 0 aliphatic heterocycles. The molecule has 0 radical (unpaired) electrons. The maximum Gasteiger partial charge on any atom is 1.00 e. The number of hydrogen-bond donors (Lipinski definition) is 1. The Hall–Kier alpha value is -0.510. The van der Waals surface area contributed by atoms with Gasteiger partial charge in [0.25, 0.3) is 0 Å². The van der Waals surface area contributed by atoms with Gasteiger partial charge >= 0.3 is 35.5 Å². The van der Waals surface area contributed by atoms with Gasteiger partial charge in [-0.2, -0.15) is 0 Å². The molecule has 0 saturated heterocycles. The minimum atomic E-state index is -0.398. The average Bonchev–Trinajstić information content (AvgIpc) is 2.05. The Labute approximate surface area is 92.6 Å². The van der Waals surface area contributed by atoms with E-state index in [-0.39, 0.29) is 35.3 Å². The number of aromatic hydroxyl groups is 1. The van der Waals surface area contributed by atoms with Crippen LogP contribution in [-0.2, 0) is 4.74 Å². The fourth-order valence-corrected chi connectivity index (χ4v) is 0.715. The zero-order valence-corrected chi connectivity index (χ0v) is 9.07. The topological polar surface area (TPSA) is 46.5 Å². The Morgan fingerprint density at radius 1 is 1.33 bits per heavy atom. The van der Waals surface area contributed by atoms with Crippen LogP contribution in [0.1, 0.15) is 10.4 Å². The molecule has 1 aromatic carbocycles. The minimum absolute atomic E-state index is 0. The van der Waals surface area contributed by atoms with Crippen LogP contribution >= 0.6 is 0 Å². The Morgan fingerprint density at radius 2 is 1.83 bits per heavy atom. The van der Waals surface area contributed by atoms with Crippen molar-refractivity contribution in [3.8, 4) is 5.75 Å².